The van der Waals surface area contributed by atoms with Gasteiger partial charge in [-0.15, -0.1) is 0 Å². The van der Waals surface area contributed by atoms with Gasteiger partial charge in [0.05, 0.1) is 7.11 Å². The fraction of sp³-hybridized carbons (Fsp3) is 0.462. The molecule has 5 heteroatoms. The Morgan fingerprint density at radius 2 is 2.06 bits per heavy atom. The zero-order valence-electron chi connectivity index (χ0n) is 10.9. The Hall–Kier alpha value is -1.59. The van der Waals surface area contributed by atoms with Crippen molar-refractivity contribution in [3.05, 3.63) is 29.8 Å². The summed E-state index contributed by atoms with van der Waals surface area (Å²) in [4.78, 5) is 12.6. The molecule has 0 saturated heterocycles. The summed E-state index contributed by atoms with van der Waals surface area (Å²) in [7, 11) is 3.34. The number of rotatable bonds is 6. The third-order valence-electron chi connectivity index (χ3n) is 2.67. The van der Waals surface area contributed by atoms with Crippen molar-refractivity contribution in [1.29, 1.82) is 0 Å². The Labute approximate surface area is 107 Å². The van der Waals surface area contributed by atoms with Crippen molar-refractivity contribution in [2.24, 2.45) is 0 Å². The molecule has 0 aromatic heterocycles. The second-order valence-corrected chi connectivity index (χ2v) is 4.56. The molecule has 0 spiro atoms. The first kappa shape index (κ1) is 14.5. The number of aliphatic carboxylic acids is 1. The van der Waals surface area contributed by atoms with E-state index < -0.39 is 11.6 Å². The normalized spacial score (nSPS) is 14.3. The Morgan fingerprint density at radius 1 is 1.44 bits per heavy atom. The molecular formula is C13H19NO4. The van der Waals surface area contributed by atoms with E-state index in [4.69, 9.17) is 9.84 Å². The van der Waals surface area contributed by atoms with Crippen molar-refractivity contribution in [1.82, 2.24) is 4.90 Å². The van der Waals surface area contributed by atoms with Crippen molar-refractivity contribution in [3.63, 3.8) is 0 Å². The summed E-state index contributed by atoms with van der Waals surface area (Å²) in [5.41, 5.74) is -0.805. The Morgan fingerprint density at radius 3 is 2.61 bits per heavy atom. The summed E-state index contributed by atoms with van der Waals surface area (Å²) in [5, 5.41) is 18.5. The van der Waals surface area contributed by atoms with E-state index in [0.717, 1.165) is 11.3 Å². The van der Waals surface area contributed by atoms with E-state index in [-0.39, 0.29) is 6.54 Å². The maximum Gasteiger partial charge on any atom is 0.336 e. The Kier molecular flexibility index (Phi) is 4.69. The van der Waals surface area contributed by atoms with Gasteiger partial charge in [-0.05, 0) is 20.0 Å². The second kappa shape index (κ2) is 5.84. The van der Waals surface area contributed by atoms with Gasteiger partial charge in [0.15, 0.2) is 5.60 Å². The molecule has 1 unspecified atom stereocenters. The molecule has 0 amide bonds. The molecule has 1 aromatic rings. The van der Waals surface area contributed by atoms with E-state index in [1.54, 1.807) is 19.1 Å². The average Bonchev–Trinajstić information content (AvgIpc) is 2.28. The minimum absolute atomic E-state index is 0.0420. The maximum atomic E-state index is 10.8. The van der Waals surface area contributed by atoms with Gasteiger partial charge in [0.2, 0.25) is 0 Å². The first-order valence-electron chi connectivity index (χ1n) is 5.63. The molecule has 0 aliphatic carbocycles. The molecule has 0 radical (unpaired) electrons. The fourth-order valence-corrected chi connectivity index (χ4v) is 1.77. The molecule has 0 fully saturated rings. The molecule has 0 bridgehead atoms. The predicted molar refractivity (Wildman–Crippen MR) is 67.6 cm³/mol. The number of para-hydroxylation sites is 1. The van der Waals surface area contributed by atoms with Crippen LogP contribution in [0.4, 0.5) is 0 Å². The molecule has 0 aliphatic heterocycles. The van der Waals surface area contributed by atoms with Gasteiger partial charge in [0, 0.05) is 18.7 Å². The maximum absolute atomic E-state index is 10.8. The minimum Gasteiger partial charge on any atom is -0.496 e. The van der Waals surface area contributed by atoms with Gasteiger partial charge < -0.3 is 14.9 Å². The second-order valence-electron chi connectivity index (χ2n) is 4.56. The smallest absolute Gasteiger partial charge is 0.336 e. The van der Waals surface area contributed by atoms with Crippen LogP contribution in [0.25, 0.3) is 0 Å². The summed E-state index contributed by atoms with van der Waals surface area (Å²) in [6.45, 7) is 1.84. The molecule has 0 saturated carbocycles. The van der Waals surface area contributed by atoms with Crippen molar-refractivity contribution in [2.75, 3.05) is 20.7 Å². The number of hydrogen-bond donors (Lipinski definition) is 2. The molecular weight excluding hydrogens is 234 g/mol. The highest BCUT2D eigenvalue weighted by molar-refractivity contribution is 5.76. The van der Waals surface area contributed by atoms with Gasteiger partial charge in [-0.2, -0.15) is 0 Å². The number of nitrogens with zero attached hydrogens (tertiary/aromatic N) is 1. The molecule has 18 heavy (non-hydrogen) atoms. The summed E-state index contributed by atoms with van der Waals surface area (Å²) < 4.78 is 5.22. The number of hydrogen-bond acceptors (Lipinski definition) is 4. The van der Waals surface area contributed by atoms with Crippen LogP contribution in [0.1, 0.15) is 12.5 Å². The van der Waals surface area contributed by atoms with Crippen molar-refractivity contribution in [2.45, 2.75) is 19.1 Å². The van der Waals surface area contributed by atoms with Crippen LogP contribution in [0.3, 0.4) is 0 Å². The lowest BCUT2D eigenvalue weighted by molar-refractivity contribution is -0.158. The minimum atomic E-state index is -1.75. The largest absolute Gasteiger partial charge is 0.496 e. The highest BCUT2D eigenvalue weighted by Gasteiger charge is 2.31. The van der Waals surface area contributed by atoms with Crippen LogP contribution in [-0.2, 0) is 11.3 Å². The summed E-state index contributed by atoms with van der Waals surface area (Å²) in [6, 6.07) is 7.51. The number of methoxy groups -OCH3 is 1. The average molecular weight is 253 g/mol. The molecule has 1 aromatic carbocycles. The molecule has 1 rings (SSSR count). The number of carboxylic acids is 1. The van der Waals surface area contributed by atoms with Crippen LogP contribution >= 0.6 is 0 Å². The summed E-state index contributed by atoms with van der Waals surface area (Å²) >= 11 is 0. The number of likely N-dealkylation sites (N-methyl/N-ethyl adjacent to an activating group) is 1. The zero-order valence-corrected chi connectivity index (χ0v) is 10.9. The van der Waals surface area contributed by atoms with Crippen molar-refractivity contribution in [3.8, 4) is 5.75 Å². The predicted octanol–water partition coefficient (Wildman–Crippen LogP) is 0.963. The van der Waals surface area contributed by atoms with Crippen LogP contribution in [0, 0.1) is 0 Å². The van der Waals surface area contributed by atoms with Crippen molar-refractivity contribution < 1.29 is 19.7 Å². The highest BCUT2D eigenvalue weighted by atomic mass is 16.5. The number of carbonyl (C=O) groups is 1. The molecule has 100 valence electrons. The molecule has 2 N–H and O–H groups in total. The Balaban J connectivity index is 2.70. The van der Waals surface area contributed by atoms with Gasteiger partial charge in [-0.1, -0.05) is 18.2 Å². The first-order valence-corrected chi connectivity index (χ1v) is 5.63. The third kappa shape index (κ3) is 3.72. The van der Waals surface area contributed by atoms with Crippen LogP contribution in [-0.4, -0.2) is 47.4 Å². The lowest BCUT2D eigenvalue weighted by Crippen LogP contribution is -2.45. The fourth-order valence-electron chi connectivity index (χ4n) is 1.77. The van der Waals surface area contributed by atoms with Gasteiger partial charge in [0.1, 0.15) is 5.75 Å². The van der Waals surface area contributed by atoms with Gasteiger partial charge in [-0.3, -0.25) is 4.90 Å². The van der Waals surface area contributed by atoms with Crippen LogP contribution < -0.4 is 4.74 Å². The number of ether oxygens (including phenoxy) is 1. The monoisotopic (exact) mass is 253 g/mol. The van der Waals surface area contributed by atoms with E-state index in [9.17, 15) is 9.90 Å². The van der Waals surface area contributed by atoms with Gasteiger partial charge in [0.25, 0.3) is 0 Å². The van der Waals surface area contributed by atoms with E-state index >= 15 is 0 Å². The highest BCUT2D eigenvalue weighted by Crippen LogP contribution is 2.19. The van der Waals surface area contributed by atoms with E-state index in [2.05, 4.69) is 0 Å². The van der Waals surface area contributed by atoms with Gasteiger partial charge >= 0.3 is 5.97 Å². The molecule has 1 atom stereocenters. The number of carboxylic acid groups (broad SMARTS) is 1. The lowest BCUT2D eigenvalue weighted by atomic mass is 10.1. The Bertz CT molecular complexity index is 417. The van der Waals surface area contributed by atoms with Crippen LogP contribution in [0.5, 0.6) is 5.75 Å². The molecule has 5 nitrogen and oxygen atoms in total. The standard InChI is InChI=1S/C13H19NO4/c1-13(17,12(15)16)9-14(2)8-10-6-4-5-7-11(10)18-3/h4-7,17H,8-9H2,1-3H3,(H,15,16). The van der Waals surface area contributed by atoms with E-state index in [1.165, 1.54) is 6.92 Å². The summed E-state index contributed by atoms with van der Waals surface area (Å²) in [6.07, 6.45) is 0. The van der Waals surface area contributed by atoms with Crippen molar-refractivity contribution >= 4 is 5.97 Å². The first-order chi connectivity index (χ1) is 8.36. The third-order valence-corrected chi connectivity index (χ3v) is 2.67. The van der Waals surface area contributed by atoms with E-state index in [1.807, 2.05) is 24.3 Å². The number of aliphatic hydroxyl groups is 1. The van der Waals surface area contributed by atoms with Gasteiger partial charge in [-0.25, -0.2) is 4.79 Å². The van der Waals surface area contributed by atoms with Crippen LogP contribution in [0.15, 0.2) is 24.3 Å². The molecule has 0 heterocycles. The molecule has 0 aliphatic rings. The topological polar surface area (TPSA) is 70.0 Å². The summed E-state index contributed by atoms with van der Waals surface area (Å²) in [5.74, 6) is -0.478. The van der Waals surface area contributed by atoms with E-state index in [0.29, 0.717) is 6.54 Å². The quantitative estimate of drug-likeness (QED) is 0.790. The zero-order chi connectivity index (χ0) is 13.8. The lowest BCUT2D eigenvalue weighted by Gasteiger charge is -2.25. The van der Waals surface area contributed by atoms with Crippen LogP contribution in [0.2, 0.25) is 0 Å². The SMILES string of the molecule is COc1ccccc1CN(C)CC(C)(O)C(=O)O. The number of benzene rings is 1.